The Hall–Kier alpha value is -1.74. The Bertz CT molecular complexity index is 819. The van der Waals surface area contributed by atoms with Crippen LogP contribution < -0.4 is 15.4 Å². The fourth-order valence-corrected chi connectivity index (χ4v) is 4.40. The number of guanidine groups is 1. The van der Waals surface area contributed by atoms with Crippen LogP contribution in [0.3, 0.4) is 0 Å². The van der Waals surface area contributed by atoms with Crippen molar-refractivity contribution in [1.82, 2.24) is 15.5 Å². The molecule has 2 N–H and O–H groups in total. The van der Waals surface area contributed by atoms with Crippen molar-refractivity contribution in [2.24, 2.45) is 4.99 Å². The van der Waals surface area contributed by atoms with Gasteiger partial charge in [-0.05, 0) is 44.0 Å². The van der Waals surface area contributed by atoms with E-state index in [0.717, 1.165) is 62.8 Å². The first-order chi connectivity index (χ1) is 15.3. The number of hydrogen-bond donors (Lipinski definition) is 2. The van der Waals surface area contributed by atoms with Gasteiger partial charge in [-0.25, -0.2) is 0 Å². The lowest BCUT2D eigenvalue weighted by Crippen LogP contribution is -2.50. The van der Waals surface area contributed by atoms with E-state index in [1.807, 2.05) is 18.2 Å². The highest BCUT2D eigenvalue weighted by Gasteiger charge is 2.24. The smallest absolute Gasteiger partial charge is 0.191 e. The van der Waals surface area contributed by atoms with Crippen LogP contribution >= 0.6 is 24.0 Å². The average Bonchev–Trinajstić information content (AvgIpc) is 3.32. The van der Waals surface area contributed by atoms with E-state index in [9.17, 15) is 0 Å². The summed E-state index contributed by atoms with van der Waals surface area (Å²) in [5.74, 6) is 2.86. The number of hydrogen-bond acceptors (Lipinski definition) is 4. The molecule has 0 bridgehead atoms. The topological polar surface area (TPSA) is 62.0 Å². The maximum atomic E-state index is 5.84. The van der Waals surface area contributed by atoms with Crippen LogP contribution in [-0.4, -0.2) is 49.7 Å². The summed E-state index contributed by atoms with van der Waals surface area (Å²) in [5, 5.41) is 7.43. The van der Waals surface area contributed by atoms with Crippen molar-refractivity contribution in [3.05, 3.63) is 54.0 Å². The minimum atomic E-state index is 0. The first-order valence-electron chi connectivity index (χ1n) is 11.9. The second-order valence-electron chi connectivity index (χ2n) is 8.55. The van der Waals surface area contributed by atoms with Gasteiger partial charge in [0.05, 0.1) is 18.9 Å². The molecule has 1 unspecified atom stereocenters. The zero-order valence-corrected chi connectivity index (χ0v) is 21.4. The van der Waals surface area contributed by atoms with Gasteiger partial charge in [-0.1, -0.05) is 31.5 Å². The van der Waals surface area contributed by atoms with Gasteiger partial charge in [0, 0.05) is 44.1 Å². The number of likely N-dealkylation sites (tertiary alicyclic amines) is 1. The highest BCUT2D eigenvalue weighted by atomic mass is 127. The highest BCUT2D eigenvalue weighted by Crippen LogP contribution is 2.31. The quantitative estimate of drug-likeness (QED) is 0.281. The van der Waals surface area contributed by atoms with Crippen LogP contribution in [-0.2, 0) is 6.42 Å². The number of rotatable bonds is 8. The molecule has 1 aromatic heterocycles. The van der Waals surface area contributed by atoms with Crippen molar-refractivity contribution < 1.29 is 9.15 Å². The number of furan rings is 1. The molecule has 176 valence electrons. The summed E-state index contributed by atoms with van der Waals surface area (Å²) >= 11 is 0. The number of nitrogens with zero attached hydrogens (tertiary/aromatic N) is 2. The van der Waals surface area contributed by atoms with Crippen LogP contribution in [0.2, 0.25) is 0 Å². The van der Waals surface area contributed by atoms with E-state index in [1.165, 1.54) is 24.9 Å². The van der Waals surface area contributed by atoms with Crippen molar-refractivity contribution in [2.75, 3.05) is 32.8 Å². The van der Waals surface area contributed by atoms with Crippen molar-refractivity contribution in [1.29, 1.82) is 0 Å². The molecule has 7 heteroatoms. The molecule has 0 aliphatic carbocycles. The zero-order chi connectivity index (χ0) is 21.3. The Balaban J connectivity index is 0.00000289. The largest absolute Gasteiger partial charge is 0.493 e. The summed E-state index contributed by atoms with van der Waals surface area (Å²) in [6.07, 6.45) is 8.34. The Kier molecular flexibility index (Phi) is 10.2. The number of ether oxygens (including phenoxy) is 1. The molecule has 6 nitrogen and oxygen atoms in total. The summed E-state index contributed by atoms with van der Waals surface area (Å²) in [5.41, 5.74) is 1.21. The molecule has 2 aliphatic heterocycles. The van der Waals surface area contributed by atoms with Crippen molar-refractivity contribution in [2.45, 2.75) is 57.5 Å². The SMILES string of the molecule is CCCCN1CCC(NC(=NCCc2ccco2)NC2CCOc3ccccc32)CC1.I. The van der Waals surface area contributed by atoms with E-state index in [-0.39, 0.29) is 30.0 Å². The lowest BCUT2D eigenvalue weighted by Gasteiger charge is -2.34. The molecule has 1 saturated heterocycles. The second kappa shape index (κ2) is 13.1. The van der Waals surface area contributed by atoms with Gasteiger partial charge < -0.3 is 24.7 Å². The third-order valence-electron chi connectivity index (χ3n) is 6.23. The van der Waals surface area contributed by atoms with Crippen LogP contribution in [0.4, 0.5) is 0 Å². The van der Waals surface area contributed by atoms with Crippen LogP contribution in [0.25, 0.3) is 0 Å². The number of para-hydroxylation sites is 1. The maximum Gasteiger partial charge on any atom is 0.191 e. The van der Waals surface area contributed by atoms with Crippen molar-refractivity contribution in [3.63, 3.8) is 0 Å². The van der Waals surface area contributed by atoms with E-state index in [0.29, 0.717) is 12.6 Å². The number of aliphatic imine (C=N–C) groups is 1. The number of fused-ring (bicyclic) bond motifs is 1. The predicted molar refractivity (Wildman–Crippen MR) is 140 cm³/mol. The molecule has 0 spiro atoms. The van der Waals surface area contributed by atoms with E-state index in [4.69, 9.17) is 14.1 Å². The van der Waals surface area contributed by atoms with E-state index < -0.39 is 0 Å². The molecule has 4 rings (SSSR count). The van der Waals surface area contributed by atoms with Crippen molar-refractivity contribution in [3.8, 4) is 5.75 Å². The first kappa shape index (κ1) is 24.9. The van der Waals surface area contributed by atoms with E-state index >= 15 is 0 Å². The minimum Gasteiger partial charge on any atom is -0.493 e. The zero-order valence-electron chi connectivity index (χ0n) is 19.1. The lowest BCUT2D eigenvalue weighted by molar-refractivity contribution is 0.203. The molecule has 1 aromatic carbocycles. The Labute approximate surface area is 209 Å². The second-order valence-corrected chi connectivity index (χ2v) is 8.55. The molecule has 32 heavy (non-hydrogen) atoms. The third kappa shape index (κ3) is 7.13. The van der Waals surface area contributed by atoms with Gasteiger partial charge in [-0.3, -0.25) is 4.99 Å². The number of unbranched alkanes of at least 4 members (excludes halogenated alkanes) is 1. The van der Waals surface area contributed by atoms with Crippen LogP contribution in [0.15, 0.2) is 52.1 Å². The van der Waals surface area contributed by atoms with Gasteiger partial charge >= 0.3 is 0 Å². The highest BCUT2D eigenvalue weighted by molar-refractivity contribution is 14.0. The van der Waals surface area contributed by atoms with Gasteiger partial charge in [0.2, 0.25) is 0 Å². The molecule has 1 fully saturated rings. The first-order valence-corrected chi connectivity index (χ1v) is 11.9. The Morgan fingerprint density at radius 1 is 1.09 bits per heavy atom. The predicted octanol–water partition coefficient (Wildman–Crippen LogP) is 4.76. The molecule has 0 amide bonds. The van der Waals surface area contributed by atoms with E-state index in [2.05, 4.69) is 40.7 Å². The standard InChI is InChI=1S/C25H36N4O2.HI/c1-2-3-15-29-16-11-20(12-17-29)27-25(26-14-10-21-7-6-18-30-21)28-23-13-19-31-24-9-5-4-8-22(23)24;/h4-9,18,20,23H,2-3,10-17,19H2,1H3,(H2,26,27,28);1H. The summed E-state index contributed by atoms with van der Waals surface area (Å²) in [6, 6.07) is 12.9. The monoisotopic (exact) mass is 552 g/mol. The summed E-state index contributed by atoms with van der Waals surface area (Å²) < 4.78 is 11.3. The molecule has 0 radical (unpaired) electrons. The number of benzene rings is 1. The van der Waals surface area contributed by atoms with Gasteiger partial charge in [0.25, 0.3) is 0 Å². The van der Waals surface area contributed by atoms with Gasteiger partial charge in [0.15, 0.2) is 5.96 Å². The minimum absolute atomic E-state index is 0. The molecule has 3 heterocycles. The fourth-order valence-electron chi connectivity index (χ4n) is 4.40. The van der Waals surface area contributed by atoms with Gasteiger partial charge in [-0.2, -0.15) is 0 Å². The molecule has 1 atom stereocenters. The normalized spacial score (nSPS) is 19.5. The number of piperidine rings is 1. The molecule has 2 aromatic rings. The lowest BCUT2D eigenvalue weighted by atomic mass is 10.0. The number of halogens is 1. The molecular weight excluding hydrogens is 515 g/mol. The summed E-state index contributed by atoms with van der Waals surface area (Å²) in [6.45, 7) is 7.24. The molecule has 0 saturated carbocycles. The summed E-state index contributed by atoms with van der Waals surface area (Å²) in [4.78, 5) is 7.50. The number of nitrogens with one attached hydrogen (secondary N) is 2. The summed E-state index contributed by atoms with van der Waals surface area (Å²) in [7, 11) is 0. The van der Waals surface area contributed by atoms with E-state index in [1.54, 1.807) is 6.26 Å². The van der Waals surface area contributed by atoms with Crippen LogP contribution in [0.5, 0.6) is 5.75 Å². The van der Waals surface area contributed by atoms with Gasteiger partial charge in [0.1, 0.15) is 11.5 Å². The molecule has 2 aliphatic rings. The van der Waals surface area contributed by atoms with Crippen LogP contribution in [0, 0.1) is 0 Å². The Morgan fingerprint density at radius 3 is 2.72 bits per heavy atom. The van der Waals surface area contributed by atoms with Crippen molar-refractivity contribution >= 4 is 29.9 Å². The molecular formula is C25H37IN4O2. The maximum absolute atomic E-state index is 5.84. The van der Waals surface area contributed by atoms with Gasteiger partial charge in [-0.15, -0.1) is 24.0 Å². The average molecular weight is 553 g/mol. The Morgan fingerprint density at radius 2 is 1.94 bits per heavy atom. The third-order valence-corrected chi connectivity index (χ3v) is 6.23. The fraction of sp³-hybridized carbons (Fsp3) is 0.560. The van der Waals surface area contributed by atoms with Crippen LogP contribution in [0.1, 0.15) is 56.4 Å².